The molecule has 3 rings (SSSR count). The maximum absolute atomic E-state index is 11.1. The Balaban J connectivity index is 1.89. The lowest BCUT2D eigenvalue weighted by Gasteiger charge is -2.07. The second-order valence-corrected chi connectivity index (χ2v) is 5.94. The Bertz CT molecular complexity index is 790. The first-order valence-electron chi connectivity index (χ1n) is 6.73. The molecule has 4 heteroatoms. The molecule has 21 heavy (non-hydrogen) atoms. The zero-order valence-corrected chi connectivity index (χ0v) is 13.2. The average Bonchev–Trinajstić information content (AvgIpc) is 2.83. The number of aromatic nitrogens is 1. The largest absolute Gasteiger partial charge is 0.343 e. The monoisotopic (exact) mass is 342 g/mol. The molecule has 3 aromatic rings. The molecule has 1 N–H and O–H groups in total. The van der Waals surface area contributed by atoms with Crippen molar-refractivity contribution in [2.45, 2.75) is 13.5 Å². The van der Waals surface area contributed by atoms with Crippen LogP contribution in [0.3, 0.4) is 0 Å². The number of hydrogen-bond acceptors (Lipinski definition) is 1. The molecule has 0 spiro atoms. The van der Waals surface area contributed by atoms with Gasteiger partial charge in [-0.3, -0.25) is 4.79 Å². The molecule has 3 nitrogen and oxygen atoms in total. The molecule has 106 valence electrons. The summed E-state index contributed by atoms with van der Waals surface area (Å²) in [6.07, 6.45) is 2.07. The maximum atomic E-state index is 11.1. The van der Waals surface area contributed by atoms with E-state index in [1.54, 1.807) is 0 Å². The van der Waals surface area contributed by atoms with Gasteiger partial charge >= 0.3 is 0 Å². The molecule has 0 saturated carbocycles. The molecular weight excluding hydrogens is 328 g/mol. The summed E-state index contributed by atoms with van der Waals surface area (Å²) in [5.74, 6) is -0.0522. The summed E-state index contributed by atoms with van der Waals surface area (Å²) in [4.78, 5) is 11.1. The van der Waals surface area contributed by atoms with Crippen molar-refractivity contribution in [2.75, 3.05) is 5.32 Å². The molecule has 0 aliphatic carbocycles. The second kappa shape index (κ2) is 5.74. The van der Waals surface area contributed by atoms with E-state index in [0.29, 0.717) is 0 Å². The van der Waals surface area contributed by atoms with E-state index in [9.17, 15) is 4.79 Å². The molecule has 0 aliphatic rings. The minimum Gasteiger partial charge on any atom is -0.343 e. The summed E-state index contributed by atoms with van der Waals surface area (Å²) in [5.41, 5.74) is 3.24. The fourth-order valence-corrected chi connectivity index (χ4v) is 2.67. The number of anilines is 1. The summed E-state index contributed by atoms with van der Waals surface area (Å²) in [6, 6.07) is 16.4. The predicted molar refractivity (Wildman–Crippen MR) is 89.5 cm³/mol. The number of rotatable bonds is 3. The number of carbonyl (C=O) groups excluding carboxylic acids is 1. The van der Waals surface area contributed by atoms with Crippen molar-refractivity contribution in [2.24, 2.45) is 0 Å². The molecule has 1 amide bonds. The zero-order valence-electron chi connectivity index (χ0n) is 11.6. The number of halogens is 1. The molecule has 0 bridgehead atoms. The van der Waals surface area contributed by atoms with Gasteiger partial charge in [0.15, 0.2) is 0 Å². The number of carbonyl (C=O) groups is 1. The summed E-state index contributed by atoms with van der Waals surface area (Å²) >= 11 is 3.45. The third-order valence-corrected chi connectivity index (χ3v) is 3.89. The van der Waals surface area contributed by atoms with Crippen LogP contribution in [0.1, 0.15) is 12.5 Å². The SMILES string of the molecule is CC(=O)Nc1ccc2c(ccn2Cc2ccc(Br)cc2)c1. The maximum Gasteiger partial charge on any atom is 0.221 e. The van der Waals surface area contributed by atoms with Gasteiger partial charge < -0.3 is 9.88 Å². The van der Waals surface area contributed by atoms with Crippen molar-refractivity contribution < 1.29 is 4.79 Å². The van der Waals surface area contributed by atoms with Crippen LogP contribution in [0, 0.1) is 0 Å². The van der Waals surface area contributed by atoms with Gasteiger partial charge in [0, 0.05) is 40.7 Å². The quantitative estimate of drug-likeness (QED) is 0.751. The molecular formula is C17H15BrN2O. The van der Waals surface area contributed by atoms with E-state index in [4.69, 9.17) is 0 Å². The van der Waals surface area contributed by atoms with E-state index in [-0.39, 0.29) is 5.91 Å². The Kier molecular flexibility index (Phi) is 3.80. The van der Waals surface area contributed by atoms with Crippen LogP contribution in [-0.4, -0.2) is 10.5 Å². The van der Waals surface area contributed by atoms with Crippen molar-refractivity contribution in [3.05, 3.63) is 64.8 Å². The highest BCUT2D eigenvalue weighted by atomic mass is 79.9. The molecule has 0 radical (unpaired) electrons. The molecule has 1 aromatic heterocycles. The topological polar surface area (TPSA) is 34.0 Å². The standard InChI is InChI=1S/C17H15BrN2O/c1-12(21)19-16-6-7-17-14(10-16)8-9-20(17)11-13-2-4-15(18)5-3-13/h2-10H,11H2,1H3,(H,19,21). The molecule has 1 heterocycles. The lowest BCUT2D eigenvalue weighted by Crippen LogP contribution is -2.05. The number of hydrogen-bond donors (Lipinski definition) is 1. The predicted octanol–water partition coefficient (Wildman–Crippen LogP) is 4.41. The number of nitrogens with one attached hydrogen (secondary N) is 1. The van der Waals surface area contributed by atoms with Crippen molar-refractivity contribution in [1.29, 1.82) is 0 Å². The fraction of sp³-hybridized carbons (Fsp3) is 0.118. The zero-order chi connectivity index (χ0) is 14.8. The lowest BCUT2D eigenvalue weighted by molar-refractivity contribution is -0.114. The van der Waals surface area contributed by atoms with Gasteiger partial charge in [-0.2, -0.15) is 0 Å². The van der Waals surface area contributed by atoms with Gasteiger partial charge in [-0.15, -0.1) is 0 Å². The van der Waals surface area contributed by atoms with Gasteiger partial charge in [-0.25, -0.2) is 0 Å². The van der Waals surface area contributed by atoms with Crippen molar-refractivity contribution in [3.8, 4) is 0 Å². The second-order valence-electron chi connectivity index (χ2n) is 5.02. The van der Waals surface area contributed by atoms with E-state index < -0.39 is 0 Å². The van der Waals surface area contributed by atoms with E-state index in [0.717, 1.165) is 27.6 Å². The summed E-state index contributed by atoms with van der Waals surface area (Å²) in [7, 11) is 0. The van der Waals surface area contributed by atoms with E-state index in [1.807, 2.05) is 18.2 Å². The van der Waals surface area contributed by atoms with E-state index in [1.165, 1.54) is 12.5 Å². The molecule has 0 fully saturated rings. The van der Waals surface area contributed by atoms with Crippen LogP contribution in [0.5, 0.6) is 0 Å². The van der Waals surface area contributed by atoms with Crippen LogP contribution in [0.25, 0.3) is 10.9 Å². The first kappa shape index (κ1) is 13.9. The molecule has 0 aliphatic heterocycles. The minimum absolute atomic E-state index is 0.0522. The Morgan fingerprint density at radius 1 is 1.14 bits per heavy atom. The Hall–Kier alpha value is -2.07. The summed E-state index contributed by atoms with van der Waals surface area (Å²) < 4.78 is 3.29. The summed E-state index contributed by atoms with van der Waals surface area (Å²) in [5, 5.41) is 3.93. The number of nitrogens with zero attached hydrogens (tertiary/aromatic N) is 1. The Labute approximate surface area is 131 Å². The lowest BCUT2D eigenvalue weighted by atomic mass is 10.2. The number of benzene rings is 2. The summed E-state index contributed by atoms with van der Waals surface area (Å²) in [6.45, 7) is 2.35. The van der Waals surface area contributed by atoms with Crippen LogP contribution in [0.4, 0.5) is 5.69 Å². The Morgan fingerprint density at radius 2 is 1.90 bits per heavy atom. The highest BCUT2D eigenvalue weighted by Crippen LogP contribution is 2.22. The average molecular weight is 343 g/mol. The van der Waals surface area contributed by atoms with Gasteiger partial charge in [0.1, 0.15) is 0 Å². The molecule has 0 saturated heterocycles. The van der Waals surface area contributed by atoms with Crippen LogP contribution in [-0.2, 0) is 11.3 Å². The van der Waals surface area contributed by atoms with Crippen molar-refractivity contribution >= 4 is 38.4 Å². The van der Waals surface area contributed by atoms with Gasteiger partial charge in [-0.05, 0) is 42.0 Å². The fourth-order valence-electron chi connectivity index (χ4n) is 2.41. The van der Waals surface area contributed by atoms with Gasteiger partial charge in [-0.1, -0.05) is 28.1 Å². The smallest absolute Gasteiger partial charge is 0.221 e. The first-order valence-corrected chi connectivity index (χ1v) is 7.52. The van der Waals surface area contributed by atoms with Gasteiger partial charge in [0.05, 0.1) is 0 Å². The van der Waals surface area contributed by atoms with Gasteiger partial charge in [0.2, 0.25) is 5.91 Å². The third kappa shape index (κ3) is 3.16. The highest BCUT2D eigenvalue weighted by Gasteiger charge is 2.04. The van der Waals surface area contributed by atoms with Crippen LogP contribution >= 0.6 is 15.9 Å². The van der Waals surface area contributed by atoms with Crippen LogP contribution in [0.15, 0.2) is 59.2 Å². The molecule has 0 unspecified atom stereocenters. The van der Waals surface area contributed by atoms with Gasteiger partial charge in [0.25, 0.3) is 0 Å². The first-order chi connectivity index (χ1) is 10.1. The highest BCUT2D eigenvalue weighted by molar-refractivity contribution is 9.10. The molecule has 2 aromatic carbocycles. The van der Waals surface area contributed by atoms with Crippen LogP contribution in [0.2, 0.25) is 0 Å². The Morgan fingerprint density at radius 3 is 2.62 bits per heavy atom. The van der Waals surface area contributed by atoms with E-state index >= 15 is 0 Å². The number of fused-ring (bicyclic) bond motifs is 1. The third-order valence-electron chi connectivity index (χ3n) is 3.36. The minimum atomic E-state index is -0.0522. The van der Waals surface area contributed by atoms with Crippen LogP contribution < -0.4 is 5.32 Å². The van der Waals surface area contributed by atoms with Crippen molar-refractivity contribution in [1.82, 2.24) is 4.57 Å². The normalized spacial score (nSPS) is 10.8. The number of amides is 1. The van der Waals surface area contributed by atoms with E-state index in [2.05, 4.69) is 62.3 Å². The molecule has 0 atom stereocenters. The van der Waals surface area contributed by atoms with Crippen molar-refractivity contribution in [3.63, 3.8) is 0 Å².